The van der Waals surface area contributed by atoms with E-state index in [9.17, 15) is 4.79 Å². The van der Waals surface area contributed by atoms with Crippen molar-refractivity contribution in [1.29, 1.82) is 5.26 Å². The minimum atomic E-state index is -0.339. The van der Waals surface area contributed by atoms with Crippen molar-refractivity contribution in [3.8, 4) is 17.4 Å². The van der Waals surface area contributed by atoms with Crippen molar-refractivity contribution >= 4 is 17.5 Å². The van der Waals surface area contributed by atoms with Crippen molar-refractivity contribution in [2.75, 3.05) is 0 Å². The topological polar surface area (TPSA) is 78.9 Å². The van der Waals surface area contributed by atoms with Crippen LogP contribution in [0.5, 0.6) is 0 Å². The molecule has 0 fully saturated rings. The molecule has 1 aromatic heterocycles. The monoisotopic (exact) mass is 351 g/mol. The molecule has 0 aliphatic rings. The van der Waals surface area contributed by atoms with Gasteiger partial charge in [-0.05, 0) is 36.8 Å². The van der Waals surface area contributed by atoms with Crippen molar-refractivity contribution in [3.63, 3.8) is 0 Å². The van der Waals surface area contributed by atoms with Gasteiger partial charge in [0.25, 0.3) is 5.91 Å². The summed E-state index contributed by atoms with van der Waals surface area (Å²) in [7, 11) is 0. The van der Waals surface area contributed by atoms with Gasteiger partial charge in [-0.3, -0.25) is 4.79 Å². The molecule has 1 unspecified atom stereocenters. The number of hydrogen-bond donors (Lipinski definition) is 1. The molecule has 0 aliphatic heterocycles. The summed E-state index contributed by atoms with van der Waals surface area (Å²) >= 11 is 5.96. The fraction of sp³-hybridized carbons (Fsp3) is 0.105. The maximum Gasteiger partial charge on any atom is 0.273 e. The van der Waals surface area contributed by atoms with Gasteiger partial charge in [-0.25, -0.2) is 0 Å². The molecule has 1 heterocycles. The number of nitrogens with zero attached hydrogens (tertiary/aromatic N) is 2. The minimum Gasteiger partial charge on any atom is -0.355 e. The first kappa shape index (κ1) is 16.7. The minimum absolute atomic E-state index is 0.190. The number of hydrogen-bond acceptors (Lipinski definition) is 4. The average Bonchev–Trinajstić information content (AvgIpc) is 3.12. The molecule has 1 amide bonds. The van der Waals surface area contributed by atoms with Gasteiger partial charge in [-0.2, -0.15) is 5.26 Å². The Balaban J connectivity index is 1.72. The first-order chi connectivity index (χ1) is 12.1. The highest BCUT2D eigenvalue weighted by atomic mass is 35.5. The zero-order valence-corrected chi connectivity index (χ0v) is 14.1. The molecule has 1 N–H and O–H groups in total. The number of nitriles is 1. The van der Waals surface area contributed by atoms with Gasteiger partial charge in [0.15, 0.2) is 11.5 Å². The van der Waals surface area contributed by atoms with E-state index in [-0.39, 0.29) is 17.6 Å². The van der Waals surface area contributed by atoms with Gasteiger partial charge >= 0.3 is 0 Å². The number of carbonyl (C=O) groups excluding carboxylic acids is 1. The lowest BCUT2D eigenvalue weighted by atomic mass is 10.1. The Morgan fingerprint density at radius 1 is 1.24 bits per heavy atom. The maximum absolute atomic E-state index is 12.4. The summed E-state index contributed by atoms with van der Waals surface area (Å²) < 4.78 is 5.24. The highest BCUT2D eigenvalue weighted by Crippen LogP contribution is 2.23. The van der Waals surface area contributed by atoms with Gasteiger partial charge in [-0.15, -0.1) is 0 Å². The van der Waals surface area contributed by atoms with E-state index in [1.165, 1.54) is 0 Å². The van der Waals surface area contributed by atoms with E-state index in [1.807, 2.05) is 25.1 Å². The Morgan fingerprint density at radius 2 is 2.00 bits per heavy atom. The standard InChI is InChI=1S/C19H14ClN3O2/c1-12(14-7-5-13(11-21)6-8-14)22-19(24)17-10-18(25-23-17)15-3-2-4-16(20)9-15/h2-10,12H,1H3,(H,22,24). The van der Waals surface area contributed by atoms with Crippen LogP contribution in [0.3, 0.4) is 0 Å². The Hall–Kier alpha value is -3.10. The normalized spacial score (nSPS) is 11.6. The fourth-order valence-electron chi connectivity index (χ4n) is 2.36. The molecule has 124 valence electrons. The quantitative estimate of drug-likeness (QED) is 0.757. The van der Waals surface area contributed by atoms with Crippen LogP contribution < -0.4 is 5.32 Å². The summed E-state index contributed by atoms with van der Waals surface area (Å²) in [5.74, 6) is 0.132. The smallest absolute Gasteiger partial charge is 0.273 e. The Bertz CT molecular complexity index is 942. The highest BCUT2D eigenvalue weighted by Gasteiger charge is 2.16. The molecule has 1 atom stereocenters. The summed E-state index contributed by atoms with van der Waals surface area (Å²) in [6.45, 7) is 1.86. The van der Waals surface area contributed by atoms with E-state index >= 15 is 0 Å². The molecule has 0 spiro atoms. The van der Waals surface area contributed by atoms with Gasteiger partial charge in [0.1, 0.15) is 0 Å². The third-order valence-electron chi connectivity index (χ3n) is 3.74. The van der Waals surface area contributed by atoms with Crippen molar-refractivity contribution < 1.29 is 9.32 Å². The molecule has 6 heteroatoms. The van der Waals surface area contributed by atoms with Gasteiger partial charge in [0.2, 0.25) is 0 Å². The number of halogens is 1. The number of aromatic nitrogens is 1. The van der Waals surface area contributed by atoms with Crippen molar-refractivity contribution in [2.45, 2.75) is 13.0 Å². The van der Waals surface area contributed by atoms with Crippen LogP contribution in [0.15, 0.2) is 59.1 Å². The van der Waals surface area contributed by atoms with E-state index in [1.54, 1.807) is 36.4 Å². The second-order valence-corrected chi connectivity index (χ2v) is 5.95. The van der Waals surface area contributed by atoms with Gasteiger partial charge in [-0.1, -0.05) is 41.0 Å². The molecule has 2 aromatic carbocycles. The number of benzene rings is 2. The van der Waals surface area contributed by atoms with E-state index in [2.05, 4.69) is 16.5 Å². The first-order valence-electron chi connectivity index (χ1n) is 7.60. The van der Waals surface area contributed by atoms with E-state index in [0.717, 1.165) is 11.1 Å². The van der Waals surface area contributed by atoms with Crippen LogP contribution in [0, 0.1) is 11.3 Å². The van der Waals surface area contributed by atoms with Crippen LogP contribution >= 0.6 is 11.6 Å². The van der Waals surface area contributed by atoms with Crippen LogP contribution in [0.2, 0.25) is 5.02 Å². The van der Waals surface area contributed by atoms with Gasteiger partial charge < -0.3 is 9.84 Å². The molecule has 0 saturated heterocycles. The van der Waals surface area contributed by atoms with Crippen molar-refractivity contribution in [2.24, 2.45) is 0 Å². The summed E-state index contributed by atoms with van der Waals surface area (Å²) in [6, 6.07) is 17.6. The second-order valence-electron chi connectivity index (χ2n) is 5.52. The Morgan fingerprint density at radius 3 is 2.68 bits per heavy atom. The summed E-state index contributed by atoms with van der Waals surface area (Å²) in [4.78, 5) is 12.4. The zero-order valence-electron chi connectivity index (χ0n) is 13.4. The predicted molar refractivity (Wildman–Crippen MR) is 94.0 cm³/mol. The molecule has 0 radical (unpaired) electrons. The van der Waals surface area contributed by atoms with Crippen molar-refractivity contribution in [1.82, 2.24) is 10.5 Å². The zero-order chi connectivity index (χ0) is 17.8. The van der Waals surface area contributed by atoms with E-state index in [4.69, 9.17) is 21.4 Å². The maximum atomic E-state index is 12.4. The number of carbonyl (C=O) groups is 1. The molecule has 3 aromatic rings. The Labute approximate surface area is 149 Å². The fourth-order valence-corrected chi connectivity index (χ4v) is 2.55. The SMILES string of the molecule is CC(NC(=O)c1cc(-c2cccc(Cl)c2)on1)c1ccc(C#N)cc1. The van der Waals surface area contributed by atoms with Crippen LogP contribution in [-0.4, -0.2) is 11.1 Å². The molecule has 5 nitrogen and oxygen atoms in total. The molecular formula is C19H14ClN3O2. The van der Waals surface area contributed by atoms with Gasteiger partial charge in [0.05, 0.1) is 17.7 Å². The molecule has 0 bridgehead atoms. The average molecular weight is 352 g/mol. The largest absolute Gasteiger partial charge is 0.355 e. The summed E-state index contributed by atoms with van der Waals surface area (Å²) in [5.41, 5.74) is 2.41. The lowest BCUT2D eigenvalue weighted by Crippen LogP contribution is -2.26. The van der Waals surface area contributed by atoms with Crippen LogP contribution in [0.1, 0.15) is 34.6 Å². The number of rotatable bonds is 4. The molecule has 0 saturated carbocycles. The third-order valence-corrected chi connectivity index (χ3v) is 3.97. The van der Waals surface area contributed by atoms with Gasteiger partial charge in [0, 0.05) is 16.7 Å². The summed E-state index contributed by atoms with van der Waals surface area (Å²) in [6.07, 6.45) is 0. The number of nitrogens with one attached hydrogen (secondary N) is 1. The molecule has 0 aliphatic carbocycles. The van der Waals surface area contributed by atoms with E-state index < -0.39 is 0 Å². The third kappa shape index (κ3) is 3.87. The lowest BCUT2D eigenvalue weighted by Gasteiger charge is -2.13. The lowest BCUT2D eigenvalue weighted by molar-refractivity contribution is 0.0931. The number of amides is 1. The molecule has 25 heavy (non-hydrogen) atoms. The van der Waals surface area contributed by atoms with Crippen LogP contribution in [0.25, 0.3) is 11.3 Å². The predicted octanol–water partition coefficient (Wildman–Crippen LogP) is 4.36. The second kappa shape index (κ2) is 7.20. The highest BCUT2D eigenvalue weighted by molar-refractivity contribution is 6.30. The molecule has 3 rings (SSSR count). The van der Waals surface area contributed by atoms with Crippen molar-refractivity contribution in [3.05, 3.63) is 76.4 Å². The van der Waals surface area contributed by atoms with E-state index in [0.29, 0.717) is 16.3 Å². The molecular weight excluding hydrogens is 338 g/mol. The summed E-state index contributed by atoms with van der Waals surface area (Å²) in [5, 5.41) is 16.1. The first-order valence-corrected chi connectivity index (χ1v) is 7.98. The van der Waals surface area contributed by atoms with Crippen LogP contribution in [-0.2, 0) is 0 Å². The Kier molecular flexibility index (Phi) is 4.82. The van der Waals surface area contributed by atoms with Crippen LogP contribution in [0.4, 0.5) is 0 Å².